The first-order chi connectivity index (χ1) is 18.3. The van der Waals surface area contributed by atoms with Crippen LogP contribution in [0.15, 0.2) is 41.4 Å². The number of thioether (sulfide) groups is 1. The molecule has 11 heteroatoms. The van der Waals surface area contributed by atoms with Crippen LogP contribution in [-0.4, -0.2) is 79.4 Å². The second kappa shape index (κ2) is 12.2. The van der Waals surface area contributed by atoms with Gasteiger partial charge in [-0.3, -0.25) is 14.4 Å². The minimum Gasteiger partial charge on any atom is -0.493 e. The summed E-state index contributed by atoms with van der Waals surface area (Å²) in [6, 6.07) is 10.3. The van der Waals surface area contributed by atoms with E-state index in [0.717, 1.165) is 36.7 Å². The molecule has 10 nitrogen and oxygen atoms in total. The van der Waals surface area contributed by atoms with Gasteiger partial charge in [-0.2, -0.15) is 4.99 Å². The van der Waals surface area contributed by atoms with Crippen LogP contribution in [-0.2, 0) is 16.1 Å². The number of amides is 3. The van der Waals surface area contributed by atoms with Crippen molar-refractivity contribution in [1.29, 1.82) is 0 Å². The van der Waals surface area contributed by atoms with Gasteiger partial charge in [-0.15, -0.1) is 0 Å². The molecule has 0 bridgehead atoms. The third-order valence-corrected chi connectivity index (χ3v) is 7.64. The van der Waals surface area contributed by atoms with Gasteiger partial charge < -0.3 is 29.3 Å². The molecule has 2 heterocycles. The molecule has 0 spiro atoms. The normalized spacial score (nSPS) is 16.7. The maximum Gasteiger partial charge on any atom is 0.262 e. The monoisotopic (exact) mass is 540 g/mol. The molecule has 1 fully saturated rings. The van der Waals surface area contributed by atoms with E-state index in [9.17, 15) is 14.4 Å². The highest BCUT2D eigenvalue weighted by Gasteiger charge is 2.33. The van der Waals surface area contributed by atoms with Gasteiger partial charge in [0.05, 0.1) is 21.3 Å². The van der Waals surface area contributed by atoms with Gasteiger partial charge in [0.2, 0.25) is 11.7 Å². The highest BCUT2D eigenvalue weighted by molar-refractivity contribution is 8.15. The van der Waals surface area contributed by atoms with Crippen molar-refractivity contribution in [2.45, 2.75) is 31.1 Å². The SMILES string of the molecule is COc1ccc(CN(C)C(=O)c2ccc(NC(=O)C[C@@H]3SC(N4CCCC4)=NC3=O)cc2)c(OC)c1OC. The predicted octanol–water partition coefficient (Wildman–Crippen LogP) is 3.41. The van der Waals surface area contributed by atoms with Gasteiger partial charge in [-0.05, 0) is 49.2 Å². The van der Waals surface area contributed by atoms with Crippen LogP contribution in [0.2, 0.25) is 0 Å². The highest BCUT2D eigenvalue weighted by atomic mass is 32.2. The second-order valence-electron chi connectivity index (χ2n) is 9.02. The molecular formula is C27H32N4O6S. The average Bonchev–Trinajstić information content (AvgIpc) is 3.58. The zero-order valence-electron chi connectivity index (χ0n) is 22.0. The van der Waals surface area contributed by atoms with Crippen molar-refractivity contribution in [3.05, 3.63) is 47.5 Å². The van der Waals surface area contributed by atoms with E-state index in [1.807, 2.05) is 6.07 Å². The fraction of sp³-hybridized carbons (Fsp3) is 0.407. The molecular weight excluding hydrogens is 508 g/mol. The van der Waals surface area contributed by atoms with Gasteiger partial charge in [0.15, 0.2) is 16.7 Å². The number of aliphatic imine (C=N–C) groups is 1. The maximum atomic E-state index is 13.1. The number of nitrogens with one attached hydrogen (secondary N) is 1. The summed E-state index contributed by atoms with van der Waals surface area (Å²) in [5, 5.41) is 3.03. The van der Waals surface area contributed by atoms with E-state index in [1.54, 1.807) is 49.4 Å². The Morgan fingerprint density at radius 1 is 1.03 bits per heavy atom. The number of amidine groups is 1. The second-order valence-corrected chi connectivity index (χ2v) is 10.2. The number of nitrogens with zero attached hydrogens (tertiary/aromatic N) is 3. The molecule has 0 radical (unpaired) electrons. The third kappa shape index (κ3) is 6.04. The molecule has 2 aromatic carbocycles. The van der Waals surface area contributed by atoms with Crippen molar-refractivity contribution in [1.82, 2.24) is 9.80 Å². The Morgan fingerprint density at radius 2 is 1.71 bits per heavy atom. The first-order valence-corrected chi connectivity index (χ1v) is 13.2. The molecule has 1 saturated heterocycles. The fourth-order valence-electron chi connectivity index (χ4n) is 4.46. The molecule has 1 atom stereocenters. The third-order valence-electron chi connectivity index (χ3n) is 6.43. The number of anilines is 1. The van der Waals surface area contributed by atoms with Crippen LogP contribution in [0.5, 0.6) is 17.2 Å². The minimum absolute atomic E-state index is 0.0426. The number of methoxy groups -OCH3 is 3. The van der Waals surface area contributed by atoms with Crippen LogP contribution < -0.4 is 19.5 Å². The van der Waals surface area contributed by atoms with Crippen molar-refractivity contribution in [2.24, 2.45) is 4.99 Å². The molecule has 0 aromatic heterocycles. The molecule has 0 saturated carbocycles. The molecule has 2 aliphatic heterocycles. The van der Waals surface area contributed by atoms with E-state index in [0.29, 0.717) is 28.5 Å². The maximum absolute atomic E-state index is 13.1. The Kier molecular flexibility index (Phi) is 8.77. The molecule has 4 rings (SSSR count). The summed E-state index contributed by atoms with van der Waals surface area (Å²) < 4.78 is 16.3. The van der Waals surface area contributed by atoms with Crippen molar-refractivity contribution < 1.29 is 28.6 Å². The van der Waals surface area contributed by atoms with E-state index in [4.69, 9.17) is 14.2 Å². The number of ether oxygens (including phenoxy) is 3. The standard InChI is InChI=1S/C27H32N4O6S/c1-30(16-18-9-12-20(35-2)24(37-4)23(18)36-3)26(34)17-7-10-19(11-8-17)28-22(32)15-21-25(33)29-27(38-21)31-13-5-6-14-31/h7-12,21H,5-6,13-16H2,1-4H3,(H,28,32)/t21-/m0/s1. The van der Waals surface area contributed by atoms with Crippen LogP contribution in [0.25, 0.3) is 0 Å². The average molecular weight is 541 g/mol. The zero-order chi connectivity index (χ0) is 27.2. The zero-order valence-corrected chi connectivity index (χ0v) is 22.8. The Hall–Kier alpha value is -3.73. The van der Waals surface area contributed by atoms with Crippen molar-refractivity contribution in [2.75, 3.05) is 46.8 Å². The Bertz CT molecular complexity index is 1230. The van der Waals surface area contributed by atoms with Crippen LogP contribution in [0, 0.1) is 0 Å². The summed E-state index contributed by atoms with van der Waals surface area (Å²) in [6.45, 7) is 2.09. The summed E-state index contributed by atoms with van der Waals surface area (Å²) in [4.78, 5) is 45.7. The summed E-state index contributed by atoms with van der Waals surface area (Å²) in [5.41, 5.74) is 1.78. The predicted molar refractivity (Wildman–Crippen MR) is 146 cm³/mol. The van der Waals surface area contributed by atoms with Crippen LogP contribution in [0.1, 0.15) is 35.2 Å². The highest BCUT2D eigenvalue weighted by Crippen LogP contribution is 2.40. The summed E-state index contributed by atoms with van der Waals surface area (Å²) in [6.07, 6.45) is 2.23. The lowest BCUT2D eigenvalue weighted by Gasteiger charge is -2.21. The van der Waals surface area contributed by atoms with E-state index >= 15 is 0 Å². The number of carbonyl (C=O) groups excluding carboxylic acids is 3. The quantitative estimate of drug-likeness (QED) is 0.516. The lowest BCUT2D eigenvalue weighted by molar-refractivity contribution is -0.121. The first-order valence-electron chi connectivity index (χ1n) is 12.3. The summed E-state index contributed by atoms with van der Waals surface area (Å²) >= 11 is 1.36. The number of likely N-dealkylation sites (tertiary alicyclic amines) is 1. The summed E-state index contributed by atoms with van der Waals surface area (Å²) in [7, 11) is 6.31. The largest absolute Gasteiger partial charge is 0.493 e. The number of hydrogen-bond donors (Lipinski definition) is 1. The molecule has 0 aliphatic carbocycles. The van der Waals surface area contributed by atoms with E-state index in [-0.39, 0.29) is 30.7 Å². The number of rotatable bonds is 9. The van der Waals surface area contributed by atoms with Gasteiger partial charge in [0.1, 0.15) is 5.25 Å². The smallest absolute Gasteiger partial charge is 0.262 e. The van der Waals surface area contributed by atoms with Gasteiger partial charge in [-0.25, -0.2) is 0 Å². The lowest BCUT2D eigenvalue weighted by Crippen LogP contribution is -2.26. The van der Waals surface area contributed by atoms with Gasteiger partial charge in [-0.1, -0.05) is 11.8 Å². The molecule has 0 unspecified atom stereocenters. The van der Waals surface area contributed by atoms with Gasteiger partial charge in [0, 0.05) is 49.9 Å². The van der Waals surface area contributed by atoms with Crippen LogP contribution >= 0.6 is 11.8 Å². The van der Waals surface area contributed by atoms with E-state index in [2.05, 4.69) is 15.2 Å². The molecule has 3 amide bonds. The Morgan fingerprint density at radius 3 is 2.34 bits per heavy atom. The number of benzene rings is 2. The van der Waals surface area contributed by atoms with Crippen molar-refractivity contribution in [3.63, 3.8) is 0 Å². The molecule has 2 aromatic rings. The fourth-order valence-corrected chi connectivity index (χ4v) is 5.58. The first kappa shape index (κ1) is 27.3. The Labute approximate surface area is 226 Å². The molecule has 2 aliphatic rings. The van der Waals surface area contributed by atoms with Crippen LogP contribution in [0.3, 0.4) is 0 Å². The summed E-state index contributed by atoms with van der Waals surface area (Å²) in [5.74, 6) is 0.772. The molecule has 1 N–H and O–H groups in total. The number of hydrogen-bond acceptors (Lipinski definition) is 8. The molecule has 202 valence electrons. The minimum atomic E-state index is -0.506. The van der Waals surface area contributed by atoms with Crippen molar-refractivity contribution in [3.8, 4) is 17.2 Å². The number of carbonyl (C=O) groups is 3. The van der Waals surface area contributed by atoms with Gasteiger partial charge >= 0.3 is 0 Å². The molecule has 38 heavy (non-hydrogen) atoms. The van der Waals surface area contributed by atoms with Gasteiger partial charge in [0.25, 0.3) is 11.8 Å². The van der Waals surface area contributed by atoms with E-state index < -0.39 is 5.25 Å². The lowest BCUT2D eigenvalue weighted by atomic mass is 10.1. The van der Waals surface area contributed by atoms with E-state index in [1.165, 1.54) is 26.0 Å². The van der Waals surface area contributed by atoms with Crippen LogP contribution in [0.4, 0.5) is 5.69 Å². The van der Waals surface area contributed by atoms with Crippen molar-refractivity contribution >= 4 is 40.3 Å². The topological polar surface area (TPSA) is 110 Å². The Balaban J connectivity index is 1.33.